The number of piperazine rings is 1. The molecule has 1 saturated heterocycles. The Hall–Kier alpha value is -2.29. The quantitative estimate of drug-likeness (QED) is 0.794. The number of hydrogen-bond donors (Lipinski definition) is 1. The average Bonchev–Trinajstić information content (AvgIpc) is 3.16. The first-order chi connectivity index (χ1) is 11.6. The van der Waals surface area contributed by atoms with Gasteiger partial charge < -0.3 is 9.84 Å². The van der Waals surface area contributed by atoms with Gasteiger partial charge in [-0.1, -0.05) is 5.16 Å². The number of benzene rings is 1. The standard InChI is InChI=1S/C16H17N5O3.ClH/c1-20-6-5-17-8-12(20)13-18-14(24-19-13)9-3-4-10-11(7-9)16(23)21(2)15(10)22;/h3-4,7,12,17H,5-6,8H2,1-2H3;1H. The number of carbonyl (C=O) groups is 2. The number of nitrogens with zero attached hydrogens (tertiary/aromatic N) is 4. The zero-order valence-corrected chi connectivity index (χ0v) is 14.7. The number of halogens is 1. The van der Waals surface area contributed by atoms with Crippen molar-refractivity contribution < 1.29 is 14.1 Å². The van der Waals surface area contributed by atoms with Crippen LogP contribution in [0.4, 0.5) is 0 Å². The fourth-order valence-corrected chi connectivity index (χ4v) is 3.08. The van der Waals surface area contributed by atoms with Crippen LogP contribution in [0.3, 0.4) is 0 Å². The van der Waals surface area contributed by atoms with E-state index in [1.165, 1.54) is 7.05 Å². The Morgan fingerprint density at radius 2 is 1.96 bits per heavy atom. The van der Waals surface area contributed by atoms with Crippen molar-refractivity contribution in [2.24, 2.45) is 0 Å². The molecule has 8 nitrogen and oxygen atoms in total. The van der Waals surface area contributed by atoms with E-state index in [1.807, 2.05) is 7.05 Å². The van der Waals surface area contributed by atoms with Gasteiger partial charge in [0.1, 0.15) is 0 Å². The summed E-state index contributed by atoms with van der Waals surface area (Å²) in [5, 5.41) is 7.39. The third kappa shape index (κ3) is 2.82. The van der Waals surface area contributed by atoms with Crippen LogP contribution in [0.5, 0.6) is 0 Å². The number of amides is 2. The lowest BCUT2D eigenvalue weighted by molar-refractivity contribution is 0.0693. The van der Waals surface area contributed by atoms with E-state index in [2.05, 4.69) is 20.4 Å². The molecule has 0 radical (unpaired) electrons. The van der Waals surface area contributed by atoms with Gasteiger partial charge in [-0.2, -0.15) is 4.98 Å². The lowest BCUT2D eigenvalue weighted by Crippen LogP contribution is -2.44. The number of imide groups is 1. The molecule has 0 bridgehead atoms. The molecule has 9 heteroatoms. The van der Waals surface area contributed by atoms with Crippen LogP contribution in [0, 0.1) is 0 Å². The molecule has 0 spiro atoms. The number of fused-ring (bicyclic) bond motifs is 1. The zero-order chi connectivity index (χ0) is 16.8. The summed E-state index contributed by atoms with van der Waals surface area (Å²) in [7, 11) is 3.50. The van der Waals surface area contributed by atoms with Crippen molar-refractivity contribution in [2.75, 3.05) is 33.7 Å². The molecule has 25 heavy (non-hydrogen) atoms. The Morgan fingerprint density at radius 1 is 1.20 bits per heavy atom. The highest BCUT2D eigenvalue weighted by atomic mass is 35.5. The van der Waals surface area contributed by atoms with E-state index >= 15 is 0 Å². The molecule has 0 saturated carbocycles. The fraction of sp³-hybridized carbons (Fsp3) is 0.375. The molecule has 3 heterocycles. The Kier molecular flexibility index (Phi) is 4.59. The van der Waals surface area contributed by atoms with Gasteiger partial charge >= 0.3 is 0 Å². The first-order valence-corrected chi connectivity index (χ1v) is 7.77. The Labute approximate surface area is 150 Å². The maximum atomic E-state index is 12.1. The second-order valence-corrected chi connectivity index (χ2v) is 6.09. The van der Waals surface area contributed by atoms with E-state index in [4.69, 9.17) is 4.52 Å². The van der Waals surface area contributed by atoms with E-state index in [9.17, 15) is 9.59 Å². The molecule has 2 aliphatic rings. The van der Waals surface area contributed by atoms with Crippen LogP contribution < -0.4 is 5.32 Å². The van der Waals surface area contributed by atoms with Crippen LogP contribution in [0.15, 0.2) is 22.7 Å². The molecule has 0 aliphatic carbocycles. The average molecular weight is 364 g/mol. The van der Waals surface area contributed by atoms with Gasteiger partial charge in [0, 0.05) is 32.2 Å². The SMILES string of the molecule is CN1C(=O)c2ccc(-c3nc(C4CNCCN4C)no3)cc2C1=O.Cl. The number of aromatic nitrogens is 2. The van der Waals surface area contributed by atoms with Gasteiger partial charge in [-0.25, -0.2) is 0 Å². The first-order valence-electron chi connectivity index (χ1n) is 7.77. The number of rotatable bonds is 2. The molecule has 2 aromatic rings. The van der Waals surface area contributed by atoms with Crippen molar-refractivity contribution in [3.8, 4) is 11.5 Å². The number of carbonyl (C=O) groups excluding carboxylic acids is 2. The minimum atomic E-state index is -0.312. The zero-order valence-electron chi connectivity index (χ0n) is 13.9. The third-order valence-corrected chi connectivity index (χ3v) is 4.59. The topological polar surface area (TPSA) is 91.6 Å². The van der Waals surface area contributed by atoms with Crippen LogP contribution in [-0.4, -0.2) is 65.5 Å². The van der Waals surface area contributed by atoms with Gasteiger partial charge in [-0.15, -0.1) is 12.4 Å². The van der Waals surface area contributed by atoms with Crippen molar-refractivity contribution in [2.45, 2.75) is 6.04 Å². The van der Waals surface area contributed by atoms with Crippen LogP contribution >= 0.6 is 12.4 Å². The molecule has 2 amide bonds. The fourth-order valence-electron chi connectivity index (χ4n) is 3.08. The Morgan fingerprint density at radius 3 is 2.72 bits per heavy atom. The second-order valence-electron chi connectivity index (χ2n) is 6.09. The maximum Gasteiger partial charge on any atom is 0.261 e. The van der Waals surface area contributed by atoms with Gasteiger partial charge in [0.05, 0.1) is 17.2 Å². The number of likely N-dealkylation sites (N-methyl/N-ethyl adjacent to an activating group) is 1. The van der Waals surface area contributed by atoms with Gasteiger partial charge in [-0.3, -0.25) is 19.4 Å². The van der Waals surface area contributed by atoms with E-state index < -0.39 is 0 Å². The van der Waals surface area contributed by atoms with E-state index in [-0.39, 0.29) is 30.3 Å². The molecule has 1 N–H and O–H groups in total. The lowest BCUT2D eigenvalue weighted by atomic mass is 10.1. The van der Waals surface area contributed by atoms with Crippen molar-refractivity contribution in [3.05, 3.63) is 35.2 Å². The van der Waals surface area contributed by atoms with Crippen LogP contribution in [0.1, 0.15) is 32.6 Å². The number of nitrogens with one attached hydrogen (secondary N) is 1. The van der Waals surface area contributed by atoms with Crippen LogP contribution in [-0.2, 0) is 0 Å². The van der Waals surface area contributed by atoms with Gasteiger partial charge in [0.15, 0.2) is 5.82 Å². The predicted molar refractivity (Wildman–Crippen MR) is 91.6 cm³/mol. The highest BCUT2D eigenvalue weighted by Gasteiger charge is 2.33. The van der Waals surface area contributed by atoms with Crippen molar-refractivity contribution >= 4 is 24.2 Å². The first kappa shape index (κ1) is 17.5. The van der Waals surface area contributed by atoms with Gasteiger partial charge in [-0.05, 0) is 25.2 Å². The molecule has 132 valence electrons. The van der Waals surface area contributed by atoms with Crippen molar-refractivity contribution in [3.63, 3.8) is 0 Å². The van der Waals surface area contributed by atoms with Crippen molar-refractivity contribution in [1.29, 1.82) is 0 Å². The third-order valence-electron chi connectivity index (χ3n) is 4.59. The summed E-state index contributed by atoms with van der Waals surface area (Å²) >= 11 is 0. The summed E-state index contributed by atoms with van der Waals surface area (Å²) in [6.45, 7) is 2.61. The summed E-state index contributed by atoms with van der Waals surface area (Å²) in [5.74, 6) is 0.358. The molecule has 4 rings (SSSR count). The van der Waals surface area contributed by atoms with Gasteiger partial charge in [0.2, 0.25) is 0 Å². The second kappa shape index (κ2) is 6.55. The largest absolute Gasteiger partial charge is 0.334 e. The summed E-state index contributed by atoms with van der Waals surface area (Å²) in [5.41, 5.74) is 1.41. The predicted octanol–water partition coefficient (Wildman–Crippen LogP) is 0.960. The number of hydrogen-bond acceptors (Lipinski definition) is 7. The summed E-state index contributed by atoms with van der Waals surface area (Å²) in [6, 6.07) is 5.05. The van der Waals surface area contributed by atoms with E-state index in [0.29, 0.717) is 28.4 Å². The highest BCUT2D eigenvalue weighted by molar-refractivity contribution is 6.21. The Bertz CT molecular complexity index is 837. The lowest BCUT2D eigenvalue weighted by Gasteiger charge is -2.30. The summed E-state index contributed by atoms with van der Waals surface area (Å²) in [6.07, 6.45) is 0. The normalized spacial score (nSPS) is 20.6. The summed E-state index contributed by atoms with van der Waals surface area (Å²) in [4.78, 5) is 31.8. The molecular formula is C16H18ClN5O3. The van der Waals surface area contributed by atoms with Crippen LogP contribution in [0.25, 0.3) is 11.5 Å². The van der Waals surface area contributed by atoms with Crippen molar-refractivity contribution in [1.82, 2.24) is 25.3 Å². The monoisotopic (exact) mass is 363 g/mol. The van der Waals surface area contributed by atoms with E-state index in [1.54, 1.807) is 18.2 Å². The van der Waals surface area contributed by atoms with E-state index in [0.717, 1.165) is 24.5 Å². The summed E-state index contributed by atoms with van der Waals surface area (Å²) < 4.78 is 5.38. The Balaban J connectivity index is 0.00000182. The minimum absolute atomic E-state index is 0. The highest BCUT2D eigenvalue weighted by Crippen LogP contribution is 2.28. The molecule has 1 aromatic heterocycles. The van der Waals surface area contributed by atoms with Crippen LogP contribution in [0.2, 0.25) is 0 Å². The molecule has 2 aliphatic heterocycles. The minimum Gasteiger partial charge on any atom is -0.334 e. The molecule has 1 atom stereocenters. The molecule has 1 aromatic carbocycles. The molecular weight excluding hydrogens is 346 g/mol. The van der Waals surface area contributed by atoms with Gasteiger partial charge in [0.25, 0.3) is 17.7 Å². The molecule has 1 fully saturated rings. The smallest absolute Gasteiger partial charge is 0.261 e. The maximum absolute atomic E-state index is 12.1. The molecule has 1 unspecified atom stereocenters.